The maximum atomic E-state index is 6.24. The Labute approximate surface area is 126 Å². The lowest BCUT2D eigenvalue weighted by atomic mass is 10.0. The van der Waals surface area contributed by atoms with E-state index >= 15 is 0 Å². The molecule has 0 saturated carbocycles. The third kappa shape index (κ3) is 3.36. The topological polar surface area (TPSA) is 38.5 Å². The molecule has 0 aromatic heterocycles. The van der Waals surface area contributed by atoms with E-state index in [1.807, 2.05) is 0 Å². The standard InChI is InChI=1S/C18H24N2O/c1-2-20(13-17-8-5-9-21-17)12-16-10-14-6-3-4-7-15(14)11-18(16)19/h3-4,6-7,10-11,17H,2,5,8-9,12-13,19H2,1H3. The van der Waals surface area contributed by atoms with E-state index < -0.39 is 0 Å². The van der Waals surface area contributed by atoms with E-state index in [9.17, 15) is 0 Å². The van der Waals surface area contributed by atoms with Gasteiger partial charge in [0.2, 0.25) is 0 Å². The van der Waals surface area contributed by atoms with Gasteiger partial charge in [-0.15, -0.1) is 0 Å². The van der Waals surface area contributed by atoms with E-state index in [1.165, 1.54) is 29.2 Å². The number of likely N-dealkylation sites (N-methyl/N-ethyl adjacent to an activating group) is 1. The van der Waals surface area contributed by atoms with Crippen molar-refractivity contribution in [2.75, 3.05) is 25.4 Å². The Morgan fingerprint density at radius 1 is 1.24 bits per heavy atom. The number of hydrogen-bond acceptors (Lipinski definition) is 3. The normalized spacial score (nSPS) is 18.7. The van der Waals surface area contributed by atoms with Crippen LogP contribution in [0.25, 0.3) is 10.8 Å². The van der Waals surface area contributed by atoms with Crippen LogP contribution in [-0.2, 0) is 11.3 Å². The first-order valence-electron chi connectivity index (χ1n) is 7.87. The van der Waals surface area contributed by atoms with Crippen molar-refractivity contribution in [1.29, 1.82) is 0 Å². The number of nitrogens with two attached hydrogens (primary N) is 1. The summed E-state index contributed by atoms with van der Waals surface area (Å²) in [6.45, 7) is 6.04. The van der Waals surface area contributed by atoms with E-state index in [4.69, 9.17) is 10.5 Å². The first kappa shape index (κ1) is 14.4. The van der Waals surface area contributed by atoms with E-state index in [0.717, 1.165) is 31.9 Å². The second-order valence-corrected chi connectivity index (χ2v) is 5.86. The minimum absolute atomic E-state index is 0.395. The van der Waals surface area contributed by atoms with Gasteiger partial charge in [0.25, 0.3) is 0 Å². The summed E-state index contributed by atoms with van der Waals surface area (Å²) in [6.07, 6.45) is 2.77. The molecule has 2 N–H and O–H groups in total. The second-order valence-electron chi connectivity index (χ2n) is 5.86. The van der Waals surface area contributed by atoms with Gasteiger partial charge in [-0.2, -0.15) is 0 Å². The Hall–Kier alpha value is -1.58. The first-order valence-corrected chi connectivity index (χ1v) is 7.87. The van der Waals surface area contributed by atoms with Crippen molar-refractivity contribution in [2.24, 2.45) is 0 Å². The van der Waals surface area contributed by atoms with Crippen LogP contribution in [0.15, 0.2) is 36.4 Å². The van der Waals surface area contributed by atoms with Crippen LogP contribution in [0.1, 0.15) is 25.3 Å². The molecule has 1 heterocycles. The summed E-state index contributed by atoms with van der Waals surface area (Å²) >= 11 is 0. The average molecular weight is 284 g/mol. The van der Waals surface area contributed by atoms with Crippen molar-refractivity contribution in [3.8, 4) is 0 Å². The molecule has 0 amide bonds. The molecule has 2 aromatic carbocycles. The summed E-state index contributed by atoms with van der Waals surface area (Å²) in [5.41, 5.74) is 8.34. The summed E-state index contributed by atoms with van der Waals surface area (Å²) in [5, 5.41) is 2.47. The summed E-state index contributed by atoms with van der Waals surface area (Å²) in [5.74, 6) is 0. The lowest BCUT2D eigenvalue weighted by molar-refractivity contribution is 0.0725. The zero-order valence-corrected chi connectivity index (χ0v) is 12.7. The van der Waals surface area contributed by atoms with Crippen LogP contribution in [0.2, 0.25) is 0 Å². The fourth-order valence-electron chi connectivity index (χ4n) is 3.06. The van der Waals surface area contributed by atoms with Crippen molar-refractivity contribution in [1.82, 2.24) is 4.90 Å². The molecule has 3 nitrogen and oxygen atoms in total. The molecule has 3 heteroatoms. The number of fused-ring (bicyclic) bond motifs is 1. The minimum Gasteiger partial charge on any atom is -0.398 e. The maximum Gasteiger partial charge on any atom is 0.0702 e. The van der Waals surface area contributed by atoms with Crippen LogP contribution in [0.4, 0.5) is 5.69 Å². The Kier molecular flexibility index (Phi) is 4.42. The highest BCUT2D eigenvalue weighted by molar-refractivity contribution is 5.86. The summed E-state index contributed by atoms with van der Waals surface area (Å²) in [4.78, 5) is 2.43. The van der Waals surface area contributed by atoms with Crippen molar-refractivity contribution in [2.45, 2.75) is 32.4 Å². The zero-order chi connectivity index (χ0) is 14.7. The van der Waals surface area contributed by atoms with Gasteiger partial charge >= 0.3 is 0 Å². The number of benzene rings is 2. The third-order valence-electron chi connectivity index (χ3n) is 4.33. The van der Waals surface area contributed by atoms with E-state index in [0.29, 0.717) is 6.10 Å². The molecule has 0 bridgehead atoms. The molecule has 1 fully saturated rings. The van der Waals surface area contributed by atoms with Crippen molar-refractivity contribution < 1.29 is 4.74 Å². The Morgan fingerprint density at radius 2 is 2.00 bits per heavy atom. The molecular weight excluding hydrogens is 260 g/mol. The Bertz CT molecular complexity index is 605. The van der Waals surface area contributed by atoms with Gasteiger partial charge in [-0.05, 0) is 47.9 Å². The van der Waals surface area contributed by atoms with Gasteiger partial charge in [-0.1, -0.05) is 31.2 Å². The monoisotopic (exact) mass is 284 g/mol. The SMILES string of the molecule is CCN(Cc1cc2ccccc2cc1N)CC1CCCO1. The van der Waals surface area contributed by atoms with E-state index in [2.05, 4.69) is 48.2 Å². The molecule has 1 aliphatic rings. The molecule has 3 rings (SSSR count). The predicted molar refractivity (Wildman–Crippen MR) is 88.3 cm³/mol. The van der Waals surface area contributed by atoms with Crippen LogP contribution in [0.3, 0.4) is 0 Å². The van der Waals surface area contributed by atoms with Gasteiger partial charge in [0, 0.05) is 25.4 Å². The third-order valence-corrected chi connectivity index (χ3v) is 4.33. The molecule has 1 aliphatic heterocycles. The molecular formula is C18H24N2O. The van der Waals surface area contributed by atoms with Gasteiger partial charge in [0.15, 0.2) is 0 Å². The number of ether oxygens (including phenoxy) is 1. The lowest BCUT2D eigenvalue weighted by Gasteiger charge is -2.24. The van der Waals surface area contributed by atoms with Crippen molar-refractivity contribution in [3.05, 3.63) is 42.0 Å². The zero-order valence-electron chi connectivity index (χ0n) is 12.7. The lowest BCUT2D eigenvalue weighted by Crippen LogP contribution is -2.31. The van der Waals surface area contributed by atoms with Crippen LogP contribution >= 0.6 is 0 Å². The highest BCUT2D eigenvalue weighted by atomic mass is 16.5. The molecule has 112 valence electrons. The van der Waals surface area contributed by atoms with Crippen LogP contribution in [0, 0.1) is 0 Å². The average Bonchev–Trinajstić information content (AvgIpc) is 3.00. The Morgan fingerprint density at radius 3 is 2.67 bits per heavy atom. The van der Waals surface area contributed by atoms with Crippen LogP contribution < -0.4 is 5.73 Å². The van der Waals surface area contributed by atoms with E-state index in [-0.39, 0.29) is 0 Å². The number of rotatable bonds is 5. The molecule has 2 aromatic rings. The fourth-order valence-corrected chi connectivity index (χ4v) is 3.06. The molecule has 21 heavy (non-hydrogen) atoms. The van der Waals surface area contributed by atoms with Gasteiger partial charge in [0.1, 0.15) is 0 Å². The highest BCUT2D eigenvalue weighted by Gasteiger charge is 2.19. The molecule has 1 saturated heterocycles. The molecule has 0 radical (unpaired) electrons. The summed E-state index contributed by atoms with van der Waals surface area (Å²) in [7, 11) is 0. The Balaban J connectivity index is 1.77. The number of anilines is 1. The van der Waals surface area contributed by atoms with Gasteiger partial charge < -0.3 is 10.5 Å². The fraction of sp³-hybridized carbons (Fsp3) is 0.444. The van der Waals surface area contributed by atoms with Crippen molar-refractivity contribution >= 4 is 16.5 Å². The van der Waals surface area contributed by atoms with Gasteiger partial charge in [-0.3, -0.25) is 4.90 Å². The number of nitrogen functional groups attached to an aromatic ring is 1. The van der Waals surface area contributed by atoms with Gasteiger partial charge in [-0.25, -0.2) is 0 Å². The quantitative estimate of drug-likeness (QED) is 0.855. The predicted octanol–water partition coefficient (Wildman–Crippen LogP) is 3.42. The van der Waals surface area contributed by atoms with Crippen molar-refractivity contribution in [3.63, 3.8) is 0 Å². The smallest absolute Gasteiger partial charge is 0.0702 e. The second kappa shape index (κ2) is 6.46. The first-order chi connectivity index (χ1) is 10.3. The van der Waals surface area contributed by atoms with Crippen LogP contribution in [-0.4, -0.2) is 30.7 Å². The summed E-state index contributed by atoms with van der Waals surface area (Å²) in [6, 6.07) is 12.7. The van der Waals surface area contributed by atoms with Gasteiger partial charge in [0.05, 0.1) is 6.10 Å². The number of hydrogen-bond donors (Lipinski definition) is 1. The molecule has 1 unspecified atom stereocenters. The maximum absolute atomic E-state index is 6.24. The van der Waals surface area contributed by atoms with Crippen LogP contribution in [0.5, 0.6) is 0 Å². The molecule has 0 spiro atoms. The summed E-state index contributed by atoms with van der Waals surface area (Å²) < 4.78 is 5.75. The number of nitrogens with zero attached hydrogens (tertiary/aromatic N) is 1. The minimum atomic E-state index is 0.395. The van der Waals surface area contributed by atoms with E-state index in [1.54, 1.807) is 0 Å². The molecule has 0 aliphatic carbocycles. The highest BCUT2D eigenvalue weighted by Crippen LogP contribution is 2.23. The molecule has 1 atom stereocenters. The largest absolute Gasteiger partial charge is 0.398 e.